The van der Waals surface area contributed by atoms with Crippen molar-refractivity contribution in [3.63, 3.8) is 0 Å². The minimum Gasteiger partial charge on any atom is -0.373 e. The minimum atomic E-state index is 0.000560. The number of nitrogens with zero attached hydrogens (tertiary/aromatic N) is 3. The fourth-order valence-corrected chi connectivity index (χ4v) is 2.25. The molecule has 5 nitrogen and oxygen atoms in total. The highest BCUT2D eigenvalue weighted by Crippen LogP contribution is 2.18. The van der Waals surface area contributed by atoms with Gasteiger partial charge >= 0.3 is 0 Å². The van der Waals surface area contributed by atoms with Crippen LogP contribution in [-0.2, 0) is 6.54 Å². The smallest absolute Gasteiger partial charge is 0.268 e. The molecule has 0 saturated heterocycles. The lowest BCUT2D eigenvalue weighted by Crippen LogP contribution is -2.26. The van der Waals surface area contributed by atoms with Crippen LogP contribution in [0.2, 0.25) is 0 Å². The molecule has 0 radical (unpaired) electrons. The van der Waals surface area contributed by atoms with E-state index in [1.165, 1.54) is 12.8 Å². The quantitative estimate of drug-likeness (QED) is 0.697. The summed E-state index contributed by atoms with van der Waals surface area (Å²) >= 11 is 0. The van der Waals surface area contributed by atoms with Gasteiger partial charge < -0.3 is 10.2 Å². The predicted molar refractivity (Wildman–Crippen MR) is 82.3 cm³/mol. The van der Waals surface area contributed by atoms with Gasteiger partial charge in [-0.15, -0.1) is 0 Å². The summed E-state index contributed by atoms with van der Waals surface area (Å²) in [6.07, 6.45) is 7.60. The van der Waals surface area contributed by atoms with E-state index < -0.39 is 0 Å². The zero-order valence-electron chi connectivity index (χ0n) is 12.6. The van der Waals surface area contributed by atoms with E-state index in [-0.39, 0.29) is 5.56 Å². The van der Waals surface area contributed by atoms with E-state index in [2.05, 4.69) is 22.2 Å². The summed E-state index contributed by atoms with van der Waals surface area (Å²) in [5.41, 5.74) is 0.907. The molecule has 0 spiro atoms. The van der Waals surface area contributed by atoms with Crippen LogP contribution in [0.3, 0.4) is 0 Å². The molecular weight excluding hydrogens is 252 g/mol. The van der Waals surface area contributed by atoms with Crippen LogP contribution in [-0.4, -0.2) is 36.0 Å². The molecule has 0 amide bonds. The highest BCUT2D eigenvalue weighted by molar-refractivity contribution is 5.41. The minimum absolute atomic E-state index is 0.000560. The van der Waals surface area contributed by atoms with Crippen LogP contribution < -0.4 is 15.8 Å². The Hall–Kier alpha value is -1.36. The number of unbranched alkanes of at least 4 members (excludes halogenated alkanes) is 1. The average molecular weight is 278 g/mol. The topological polar surface area (TPSA) is 50.2 Å². The van der Waals surface area contributed by atoms with Crippen molar-refractivity contribution in [1.82, 2.24) is 15.1 Å². The van der Waals surface area contributed by atoms with Crippen LogP contribution in [0.25, 0.3) is 0 Å². The number of nitrogens with one attached hydrogen (secondary N) is 1. The second kappa shape index (κ2) is 7.43. The van der Waals surface area contributed by atoms with Crippen molar-refractivity contribution < 1.29 is 0 Å². The summed E-state index contributed by atoms with van der Waals surface area (Å²) in [5.74, 6) is 0. The molecule has 1 saturated carbocycles. The van der Waals surface area contributed by atoms with Gasteiger partial charge in [0.1, 0.15) is 0 Å². The summed E-state index contributed by atoms with van der Waals surface area (Å²) in [6, 6.07) is 2.45. The Morgan fingerprint density at radius 1 is 1.45 bits per heavy atom. The van der Waals surface area contributed by atoms with E-state index in [4.69, 9.17) is 0 Å². The van der Waals surface area contributed by atoms with Gasteiger partial charge in [0, 0.05) is 32.2 Å². The molecule has 1 aliphatic rings. The van der Waals surface area contributed by atoms with Crippen molar-refractivity contribution in [3.05, 3.63) is 22.6 Å². The van der Waals surface area contributed by atoms with Crippen molar-refractivity contribution in [3.8, 4) is 0 Å². The number of rotatable bonds is 9. The number of hydrogen-bond donors (Lipinski definition) is 1. The van der Waals surface area contributed by atoms with E-state index >= 15 is 0 Å². The van der Waals surface area contributed by atoms with Crippen molar-refractivity contribution in [2.75, 3.05) is 25.0 Å². The maximum atomic E-state index is 12.0. The maximum absolute atomic E-state index is 12.0. The Bertz CT molecular complexity index is 467. The molecule has 1 fully saturated rings. The maximum Gasteiger partial charge on any atom is 0.268 e. The van der Waals surface area contributed by atoms with Crippen LogP contribution in [0, 0.1) is 0 Å². The van der Waals surface area contributed by atoms with Gasteiger partial charge in [0.25, 0.3) is 5.56 Å². The van der Waals surface area contributed by atoms with Crippen molar-refractivity contribution in [2.24, 2.45) is 0 Å². The summed E-state index contributed by atoms with van der Waals surface area (Å²) in [5, 5.41) is 7.75. The lowest BCUT2D eigenvalue weighted by molar-refractivity contribution is 0.514. The molecule has 1 aromatic heterocycles. The molecule has 2 rings (SSSR count). The molecule has 0 unspecified atom stereocenters. The van der Waals surface area contributed by atoms with Crippen LogP contribution >= 0.6 is 0 Å². The largest absolute Gasteiger partial charge is 0.373 e. The third kappa shape index (κ3) is 4.63. The van der Waals surface area contributed by atoms with Crippen LogP contribution in [0.15, 0.2) is 17.1 Å². The first-order chi connectivity index (χ1) is 9.70. The highest BCUT2D eigenvalue weighted by atomic mass is 16.1. The van der Waals surface area contributed by atoms with Gasteiger partial charge in [-0.2, -0.15) is 5.10 Å². The molecule has 20 heavy (non-hydrogen) atoms. The standard InChI is InChI=1S/C15H26N4O/c1-3-9-18(2)14-11-15(20)19(17-12-14)10-5-4-8-16-13-6-7-13/h11-13,16H,3-10H2,1-2H3. The molecule has 5 heteroatoms. The Labute approximate surface area is 121 Å². The molecular formula is C15H26N4O. The van der Waals surface area contributed by atoms with Gasteiger partial charge in [-0.25, -0.2) is 4.68 Å². The second-order valence-corrected chi connectivity index (χ2v) is 5.63. The fraction of sp³-hybridized carbons (Fsp3) is 0.733. The second-order valence-electron chi connectivity index (χ2n) is 5.63. The predicted octanol–water partition coefficient (Wildman–Crippen LogP) is 1.62. The van der Waals surface area contributed by atoms with Gasteiger partial charge in [-0.3, -0.25) is 4.79 Å². The summed E-state index contributed by atoms with van der Waals surface area (Å²) in [7, 11) is 1.99. The molecule has 0 atom stereocenters. The number of aryl methyl sites for hydroxylation is 1. The van der Waals surface area contributed by atoms with Crippen LogP contribution in [0.5, 0.6) is 0 Å². The van der Waals surface area contributed by atoms with Crippen LogP contribution in [0.4, 0.5) is 5.69 Å². The highest BCUT2D eigenvalue weighted by Gasteiger charge is 2.19. The van der Waals surface area contributed by atoms with E-state index in [1.807, 2.05) is 7.05 Å². The Morgan fingerprint density at radius 3 is 2.90 bits per heavy atom. The number of anilines is 1. The van der Waals surface area contributed by atoms with E-state index in [9.17, 15) is 4.79 Å². The first-order valence-electron chi connectivity index (χ1n) is 7.72. The van der Waals surface area contributed by atoms with Gasteiger partial charge in [0.2, 0.25) is 0 Å². The SMILES string of the molecule is CCCN(C)c1cnn(CCCCNC2CC2)c(=O)c1. The van der Waals surface area contributed by atoms with Gasteiger partial charge in [0.15, 0.2) is 0 Å². The third-order valence-corrected chi connectivity index (χ3v) is 3.66. The molecule has 1 N–H and O–H groups in total. The molecule has 1 heterocycles. The number of aromatic nitrogens is 2. The Morgan fingerprint density at radius 2 is 2.25 bits per heavy atom. The van der Waals surface area contributed by atoms with Crippen molar-refractivity contribution in [1.29, 1.82) is 0 Å². The zero-order valence-corrected chi connectivity index (χ0v) is 12.6. The lowest BCUT2D eigenvalue weighted by atomic mass is 10.3. The van der Waals surface area contributed by atoms with Gasteiger partial charge in [-0.1, -0.05) is 6.92 Å². The monoisotopic (exact) mass is 278 g/mol. The first-order valence-corrected chi connectivity index (χ1v) is 7.72. The van der Waals surface area contributed by atoms with E-state index in [0.29, 0.717) is 6.54 Å². The summed E-state index contributed by atoms with van der Waals surface area (Å²) < 4.78 is 1.57. The molecule has 0 aromatic carbocycles. The summed E-state index contributed by atoms with van der Waals surface area (Å²) in [6.45, 7) is 4.83. The van der Waals surface area contributed by atoms with Gasteiger partial charge in [0.05, 0.1) is 11.9 Å². The average Bonchev–Trinajstić information content (AvgIpc) is 3.24. The lowest BCUT2D eigenvalue weighted by Gasteiger charge is -2.17. The van der Waals surface area contributed by atoms with Crippen molar-refractivity contribution >= 4 is 5.69 Å². The molecule has 1 aromatic rings. The zero-order chi connectivity index (χ0) is 14.4. The molecule has 112 valence electrons. The van der Waals surface area contributed by atoms with Crippen molar-refractivity contribution in [2.45, 2.75) is 51.6 Å². The van der Waals surface area contributed by atoms with E-state index in [0.717, 1.165) is 44.1 Å². The fourth-order valence-electron chi connectivity index (χ4n) is 2.25. The number of hydrogen-bond acceptors (Lipinski definition) is 4. The first kappa shape index (κ1) is 15.0. The Balaban J connectivity index is 1.77. The van der Waals surface area contributed by atoms with Crippen LogP contribution in [0.1, 0.15) is 39.0 Å². The summed E-state index contributed by atoms with van der Waals surface area (Å²) in [4.78, 5) is 14.1. The Kier molecular flexibility index (Phi) is 5.59. The van der Waals surface area contributed by atoms with E-state index in [1.54, 1.807) is 16.9 Å². The normalized spacial score (nSPS) is 14.5. The molecule has 0 aliphatic heterocycles. The molecule has 0 bridgehead atoms. The molecule has 1 aliphatic carbocycles. The third-order valence-electron chi connectivity index (χ3n) is 3.66. The van der Waals surface area contributed by atoms with Gasteiger partial charge in [-0.05, 0) is 38.6 Å².